The van der Waals surface area contributed by atoms with Crippen LogP contribution in [0.2, 0.25) is 0 Å². The van der Waals surface area contributed by atoms with Crippen LogP contribution in [0.4, 0.5) is 4.39 Å². The van der Waals surface area contributed by atoms with E-state index in [1.165, 1.54) is 24.3 Å². The van der Waals surface area contributed by atoms with Crippen LogP contribution in [-0.2, 0) is 15.8 Å². The molecule has 2 unspecified atom stereocenters. The second-order valence-electron chi connectivity index (χ2n) is 5.06. The SMILES string of the molecule is NC1CCCCC1NS(=O)(=O)Cc1ccc(F)cc1. The molecule has 1 aliphatic carbocycles. The van der Waals surface area contributed by atoms with E-state index in [0.29, 0.717) is 5.56 Å². The van der Waals surface area contributed by atoms with Crippen molar-refractivity contribution in [1.29, 1.82) is 0 Å². The summed E-state index contributed by atoms with van der Waals surface area (Å²) in [6, 6.07) is 5.19. The Balaban J connectivity index is 2.00. The van der Waals surface area contributed by atoms with E-state index in [9.17, 15) is 12.8 Å². The average Bonchev–Trinajstić information content (AvgIpc) is 2.35. The van der Waals surface area contributed by atoms with E-state index in [4.69, 9.17) is 5.73 Å². The highest BCUT2D eigenvalue weighted by Gasteiger charge is 2.26. The molecule has 6 heteroatoms. The third kappa shape index (κ3) is 4.26. The summed E-state index contributed by atoms with van der Waals surface area (Å²) in [5, 5.41) is 0. The van der Waals surface area contributed by atoms with Crippen LogP contribution in [0.3, 0.4) is 0 Å². The van der Waals surface area contributed by atoms with Crippen LogP contribution >= 0.6 is 0 Å². The van der Waals surface area contributed by atoms with Crippen LogP contribution in [-0.4, -0.2) is 20.5 Å². The minimum atomic E-state index is -3.43. The zero-order valence-corrected chi connectivity index (χ0v) is 11.5. The number of nitrogens with one attached hydrogen (secondary N) is 1. The van der Waals surface area contributed by atoms with Gasteiger partial charge in [0.2, 0.25) is 10.0 Å². The predicted octanol–water partition coefficient (Wildman–Crippen LogP) is 1.51. The van der Waals surface area contributed by atoms with E-state index in [-0.39, 0.29) is 23.7 Å². The summed E-state index contributed by atoms with van der Waals surface area (Å²) in [5.41, 5.74) is 6.49. The second-order valence-corrected chi connectivity index (χ2v) is 6.81. The van der Waals surface area contributed by atoms with Crippen molar-refractivity contribution in [3.63, 3.8) is 0 Å². The smallest absolute Gasteiger partial charge is 0.216 e. The number of benzene rings is 1. The minimum absolute atomic E-state index is 0.114. The third-order valence-corrected chi connectivity index (χ3v) is 4.80. The lowest BCUT2D eigenvalue weighted by Gasteiger charge is -2.29. The summed E-state index contributed by atoms with van der Waals surface area (Å²) in [7, 11) is -3.43. The summed E-state index contributed by atoms with van der Waals surface area (Å²) >= 11 is 0. The number of hydrogen-bond acceptors (Lipinski definition) is 3. The van der Waals surface area contributed by atoms with Crippen molar-refractivity contribution in [3.05, 3.63) is 35.6 Å². The number of hydrogen-bond donors (Lipinski definition) is 2. The van der Waals surface area contributed by atoms with Gasteiger partial charge >= 0.3 is 0 Å². The van der Waals surface area contributed by atoms with Gasteiger partial charge in [0.25, 0.3) is 0 Å². The van der Waals surface area contributed by atoms with Gasteiger partial charge in [-0.2, -0.15) is 0 Å². The molecular formula is C13H19FN2O2S. The molecule has 0 heterocycles. The van der Waals surface area contributed by atoms with E-state index in [2.05, 4.69) is 4.72 Å². The number of nitrogens with two attached hydrogens (primary N) is 1. The first-order valence-electron chi connectivity index (χ1n) is 6.46. The molecule has 1 aromatic rings. The van der Waals surface area contributed by atoms with E-state index < -0.39 is 10.0 Å². The van der Waals surface area contributed by atoms with E-state index in [0.717, 1.165) is 25.7 Å². The highest BCUT2D eigenvalue weighted by Crippen LogP contribution is 2.18. The Morgan fingerprint density at radius 1 is 1.21 bits per heavy atom. The van der Waals surface area contributed by atoms with Crippen molar-refractivity contribution >= 4 is 10.0 Å². The van der Waals surface area contributed by atoms with Crippen LogP contribution in [0.25, 0.3) is 0 Å². The molecule has 0 bridgehead atoms. The van der Waals surface area contributed by atoms with E-state index in [1.54, 1.807) is 0 Å². The topological polar surface area (TPSA) is 72.2 Å². The van der Waals surface area contributed by atoms with Crippen molar-refractivity contribution in [2.24, 2.45) is 5.73 Å². The third-order valence-electron chi connectivity index (χ3n) is 3.42. The fraction of sp³-hybridized carbons (Fsp3) is 0.538. The van der Waals surface area contributed by atoms with Gasteiger partial charge in [-0.3, -0.25) is 0 Å². The monoisotopic (exact) mass is 286 g/mol. The number of sulfonamides is 1. The Morgan fingerprint density at radius 2 is 1.84 bits per heavy atom. The molecule has 1 fully saturated rings. The first kappa shape index (κ1) is 14.4. The van der Waals surface area contributed by atoms with Gasteiger partial charge in [-0.1, -0.05) is 25.0 Å². The lowest BCUT2D eigenvalue weighted by atomic mass is 9.92. The Morgan fingerprint density at radius 3 is 2.47 bits per heavy atom. The van der Waals surface area contributed by atoms with Crippen molar-refractivity contribution in [2.75, 3.05) is 0 Å². The van der Waals surface area contributed by atoms with Gasteiger partial charge in [0, 0.05) is 12.1 Å². The Kier molecular flexibility index (Phi) is 4.54. The molecule has 1 aromatic carbocycles. The molecule has 3 N–H and O–H groups in total. The van der Waals surface area contributed by atoms with Gasteiger partial charge in [0.1, 0.15) is 5.82 Å². The van der Waals surface area contributed by atoms with Crippen molar-refractivity contribution in [3.8, 4) is 0 Å². The maximum atomic E-state index is 12.8. The highest BCUT2D eigenvalue weighted by molar-refractivity contribution is 7.88. The first-order chi connectivity index (χ1) is 8.96. The molecule has 1 saturated carbocycles. The molecule has 2 atom stereocenters. The summed E-state index contributed by atoms with van der Waals surface area (Å²) in [6.07, 6.45) is 3.68. The first-order valence-corrected chi connectivity index (χ1v) is 8.11. The molecule has 0 spiro atoms. The molecule has 0 amide bonds. The molecular weight excluding hydrogens is 267 g/mol. The zero-order chi connectivity index (χ0) is 13.9. The van der Waals surface area contributed by atoms with Gasteiger partial charge in [-0.15, -0.1) is 0 Å². The van der Waals surface area contributed by atoms with Gasteiger partial charge in [-0.05, 0) is 30.5 Å². The minimum Gasteiger partial charge on any atom is -0.326 e. The van der Waals surface area contributed by atoms with Crippen molar-refractivity contribution in [2.45, 2.75) is 43.5 Å². The maximum absolute atomic E-state index is 12.8. The van der Waals surface area contributed by atoms with Crippen LogP contribution in [0, 0.1) is 5.82 Å². The number of halogens is 1. The molecule has 106 valence electrons. The summed E-state index contributed by atoms with van der Waals surface area (Å²) in [6.45, 7) is 0. The Hall–Kier alpha value is -0.980. The van der Waals surface area contributed by atoms with Crippen LogP contribution < -0.4 is 10.5 Å². The summed E-state index contributed by atoms with van der Waals surface area (Å²) in [4.78, 5) is 0. The van der Waals surface area contributed by atoms with Crippen molar-refractivity contribution < 1.29 is 12.8 Å². The second kappa shape index (κ2) is 5.98. The highest BCUT2D eigenvalue weighted by atomic mass is 32.2. The van der Waals surface area contributed by atoms with Gasteiger partial charge in [0.15, 0.2) is 0 Å². The molecule has 1 aliphatic rings. The van der Waals surface area contributed by atoms with E-state index in [1.807, 2.05) is 0 Å². The van der Waals surface area contributed by atoms with Gasteiger partial charge < -0.3 is 5.73 Å². The molecule has 19 heavy (non-hydrogen) atoms. The van der Waals surface area contributed by atoms with Crippen LogP contribution in [0.5, 0.6) is 0 Å². The van der Waals surface area contributed by atoms with Crippen molar-refractivity contribution in [1.82, 2.24) is 4.72 Å². The molecule has 0 aliphatic heterocycles. The average molecular weight is 286 g/mol. The molecule has 2 rings (SSSR count). The largest absolute Gasteiger partial charge is 0.326 e. The summed E-state index contributed by atoms with van der Waals surface area (Å²) in [5.74, 6) is -0.514. The quantitative estimate of drug-likeness (QED) is 0.881. The fourth-order valence-electron chi connectivity index (χ4n) is 2.38. The lowest BCUT2D eigenvalue weighted by Crippen LogP contribution is -2.49. The molecule has 4 nitrogen and oxygen atoms in total. The maximum Gasteiger partial charge on any atom is 0.216 e. The van der Waals surface area contributed by atoms with Crippen LogP contribution in [0.15, 0.2) is 24.3 Å². The molecule has 0 saturated heterocycles. The normalized spacial score (nSPS) is 24.3. The van der Waals surface area contributed by atoms with Gasteiger partial charge in [-0.25, -0.2) is 17.5 Å². The predicted molar refractivity (Wildman–Crippen MR) is 72.4 cm³/mol. The summed E-state index contributed by atoms with van der Waals surface area (Å²) < 4.78 is 39.5. The number of rotatable bonds is 4. The van der Waals surface area contributed by atoms with Gasteiger partial charge in [0.05, 0.1) is 5.75 Å². The molecule has 0 radical (unpaired) electrons. The zero-order valence-electron chi connectivity index (χ0n) is 10.7. The standard InChI is InChI=1S/C13H19FN2O2S/c14-11-7-5-10(6-8-11)9-19(17,18)16-13-4-2-1-3-12(13)15/h5-8,12-13,16H,1-4,9,15H2. The Labute approximate surface area is 113 Å². The molecule has 0 aromatic heterocycles. The lowest BCUT2D eigenvalue weighted by molar-refractivity contribution is 0.361. The fourth-order valence-corrected chi connectivity index (χ4v) is 3.85. The Bertz CT molecular complexity index is 516. The van der Waals surface area contributed by atoms with Crippen LogP contribution in [0.1, 0.15) is 31.2 Å². The van der Waals surface area contributed by atoms with E-state index >= 15 is 0 Å².